The Morgan fingerprint density at radius 3 is 2.63 bits per heavy atom. The summed E-state index contributed by atoms with van der Waals surface area (Å²) < 4.78 is 0. The van der Waals surface area contributed by atoms with E-state index in [0.717, 1.165) is 45.2 Å². The van der Waals surface area contributed by atoms with Crippen LogP contribution in [0.2, 0.25) is 0 Å². The SMILES string of the molecule is CC(N)CCCC(C)C(=O)N1CCCC1CN(C)C. The van der Waals surface area contributed by atoms with Gasteiger partial charge in [0.05, 0.1) is 0 Å². The molecule has 4 nitrogen and oxygen atoms in total. The average molecular weight is 269 g/mol. The van der Waals surface area contributed by atoms with Gasteiger partial charge in [-0.25, -0.2) is 0 Å². The highest BCUT2D eigenvalue weighted by Crippen LogP contribution is 2.22. The minimum Gasteiger partial charge on any atom is -0.338 e. The molecule has 1 rings (SSSR count). The second-order valence-electron chi connectivity index (χ2n) is 6.40. The second-order valence-corrected chi connectivity index (χ2v) is 6.40. The molecule has 3 atom stereocenters. The Labute approximate surface area is 118 Å². The van der Waals surface area contributed by atoms with Gasteiger partial charge in [0.2, 0.25) is 5.91 Å². The van der Waals surface area contributed by atoms with E-state index in [-0.39, 0.29) is 12.0 Å². The number of nitrogens with zero attached hydrogens (tertiary/aromatic N) is 2. The molecule has 112 valence electrons. The maximum Gasteiger partial charge on any atom is 0.225 e. The summed E-state index contributed by atoms with van der Waals surface area (Å²) in [6, 6.07) is 0.661. The highest BCUT2D eigenvalue weighted by Gasteiger charge is 2.31. The zero-order chi connectivity index (χ0) is 14.4. The van der Waals surface area contributed by atoms with Gasteiger partial charge in [-0.15, -0.1) is 0 Å². The summed E-state index contributed by atoms with van der Waals surface area (Å²) in [6.07, 6.45) is 5.33. The van der Waals surface area contributed by atoms with Crippen molar-refractivity contribution in [2.75, 3.05) is 27.2 Å². The number of likely N-dealkylation sites (N-methyl/N-ethyl adjacent to an activating group) is 1. The molecule has 1 amide bonds. The van der Waals surface area contributed by atoms with Crippen molar-refractivity contribution in [1.29, 1.82) is 0 Å². The van der Waals surface area contributed by atoms with Gasteiger partial charge in [-0.05, 0) is 46.7 Å². The Bertz CT molecular complexity index is 279. The number of amides is 1. The molecule has 2 N–H and O–H groups in total. The molecule has 19 heavy (non-hydrogen) atoms. The molecule has 1 saturated heterocycles. The van der Waals surface area contributed by atoms with Gasteiger partial charge in [0.25, 0.3) is 0 Å². The highest BCUT2D eigenvalue weighted by atomic mass is 16.2. The number of hydrogen-bond acceptors (Lipinski definition) is 3. The number of likely N-dealkylation sites (tertiary alicyclic amines) is 1. The van der Waals surface area contributed by atoms with E-state index >= 15 is 0 Å². The fraction of sp³-hybridized carbons (Fsp3) is 0.933. The molecule has 1 heterocycles. The van der Waals surface area contributed by atoms with Crippen LogP contribution in [0.15, 0.2) is 0 Å². The van der Waals surface area contributed by atoms with E-state index in [1.165, 1.54) is 0 Å². The van der Waals surface area contributed by atoms with Crippen LogP contribution in [-0.2, 0) is 4.79 Å². The van der Waals surface area contributed by atoms with Crippen LogP contribution in [0.5, 0.6) is 0 Å². The van der Waals surface area contributed by atoms with Gasteiger partial charge < -0.3 is 15.5 Å². The molecule has 0 saturated carbocycles. The third-order valence-electron chi connectivity index (χ3n) is 3.95. The summed E-state index contributed by atoms with van der Waals surface area (Å²) in [5.74, 6) is 0.482. The Balaban J connectivity index is 2.41. The molecular formula is C15H31N3O. The first-order chi connectivity index (χ1) is 8.91. The number of rotatable bonds is 7. The lowest BCUT2D eigenvalue weighted by Gasteiger charge is -2.29. The summed E-state index contributed by atoms with van der Waals surface area (Å²) in [4.78, 5) is 16.8. The summed E-state index contributed by atoms with van der Waals surface area (Å²) >= 11 is 0. The number of nitrogens with two attached hydrogens (primary N) is 1. The molecule has 0 radical (unpaired) electrons. The lowest BCUT2D eigenvalue weighted by atomic mass is 10.0. The topological polar surface area (TPSA) is 49.6 Å². The monoisotopic (exact) mass is 269 g/mol. The van der Waals surface area contributed by atoms with Gasteiger partial charge in [-0.3, -0.25) is 4.79 Å². The molecule has 4 heteroatoms. The van der Waals surface area contributed by atoms with Crippen LogP contribution < -0.4 is 5.73 Å². The third-order valence-corrected chi connectivity index (χ3v) is 3.95. The molecule has 1 aliphatic heterocycles. The first-order valence-corrected chi connectivity index (χ1v) is 7.62. The van der Waals surface area contributed by atoms with E-state index < -0.39 is 0 Å². The van der Waals surface area contributed by atoms with Gasteiger partial charge >= 0.3 is 0 Å². The lowest BCUT2D eigenvalue weighted by molar-refractivity contribution is -0.136. The summed E-state index contributed by atoms with van der Waals surface area (Å²) in [5.41, 5.74) is 5.75. The highest BCUT2D eigenvalue weighted by molar-refractivity contribution is 5.79. The zero-order valence-electron chi connectivity index (χ0n) is 13.1. The number of carbonyl (C=O) groups is 1. The van der Waals surface area contributed by atoms with Crippen LogP contribution in [0.4, 0.5) is 0 Å². The molecule has 1 aliphatic rings. The van der Waals surface area contributed by atoms with E-state index in [1.807, 2.05) is 6.92 Å². The van der Waals surface area contributed by atoms with Crippen molar-refractivity contribution in [3.8, 4) is 0 Å². The fourth-order valence-electron chi connectivity index (χ4n) is 2.89. The van der Waals surface area contributed by atoms with Crippen molar-refractivity contribution in [3.05, 3.63) is 0 Å². The Morgan fingerprint density at radius 1 is 1.37 bits per heavy atom. The van der Waals surface area contributed by atoms with E-state index in [4.69, 9.17) is 5.73 Å². The van der Waals surface area contributed by atoms with Crippen molar-refractivity contribution >= 4 is 5.91 Å². The van der Waals surface area contributed by atoms with E-state index in [9.17, 15) is 4.79 Å². The Hall–Kier alpha value is -0.610. The normalized spacial score (nSPS) is 22.8. The average Bonchev–Trinajstić information content (AvgIpc) is 2.74. The molecule has 3 unspecified atom stereocenters. The quantitative estimate of drug-likeness (QED) is 0.765. The molecule has 0 spiro atoms. The number of carbonyl (C=O) groups excluding carboxylic acids is 1. The molecule has 0 aliphatic carbocycles. The number of hydrogen-bond donors (Lipinski definition) is 1. The molecule has 0 aromatic carbocycles. The van der Waals surface area contributed by atoms with E-state index in [0.29, 0.717) is 11.9 Å². The first-order valence-electron chi connectivity index (χ1n) is 7.62. The minimum absolute atomic E-state index is 0.140. The van der Waals surface area contributed by atoms with Crippen molar-refractivity contribution < 1.29 is 4.79 Å². The summed E-state index contributed by atoms with van der Waals surface area (Å²) in [5, 5.41) is 0. The van der Waals surface area contributed by atoms with Crippen LogP contribution in [0.1, 0.15) is 46.0 Å². The molecule has 0 aromatic heterocycles. The first kappa shape index (κ1) is 16.4. The van der Waals surface area contributed by atoms with Crippen molar-refractivity contribution in [2.45, 2.75) is 58.0 Å². The molecular weight excluding hydrogens is 238 g/mol. The summed E-state index contributed by atoms with van der Waals surface area (Å²) in [7, 11) is 4.15. The lowest BCUT2D eigenvalue weighted by Crippen LogP contribution is -2.43. The predicted molar refractivity (Wildman–Crippen MR) is 80.0 cm³/mol. The zero-order valence-corrected chi connectivity index (χ0v) is 13.1. The molecule has 1 fully saturated rings. The van der Waals surface area contributed by atoms with Gasteiger partial charge in [0.1, 0.15) is 0 Å². The van der Waals surface area contributed by atoms with Crippen LogP contribution in [0.25, 0.3) is 0 Å². The maximum atomic E-state index is 12.5. The summed E-state index contributed by atoms with van der Waals surface area (Å²) in [6.45, 7) is 6.02. The maximum absolute atomic E-state index is 12.5. The van der Waals surface area contributed by atoms with Crippen LogP contribution in [0.3, 0.4) is 0 Å². The van der Waals surface area contributed by atoms with Gasteiger partial charge in [0.15, 0.2) is 0 Å². The minimum atomic E-state index is 0.140. The fourth-order valence-corrected chi connectivity index (χ4v) is 2.89. The Morgan fingerprint density at radius 2 is 2.05 bits per heavy atom. The van der Waals surface area contributed by atoms with Crippen molar-refractivity contribution in [1.82, 2.24) is 9.80 Å². The third kappa shape index (κ3) is 5.49. The standard InChI is InChI=1S/C15H31N3O/c1-12(7-5-8-13(2)16)15(19)18-10-6-9-14(18)11-17(3)4/h12-14H,5-11,16H2,1-4H3. The predicted octanol–water partition coefficient (Wildman–Crippen LogP) is 1.69. The van der Waals surface area contributed by atoms with Crippen LogP contribution >= 0.6 is 0 Å². The second kappa shape index (κ2) is 7.85. The molecule has 0 aromatic rings. The van der Waals surface area contributed by atoms with Crippen molar-refractivity contribution in [3.63, 3.8) is 0 Å². The van der Waals surface area contributed by atoms with Crippen LogP contribution in [0, 0.1) is 5.92 Å². The largest absolute Gasteiger partial charge is 0.338 e. The van der Waals surface area contributed by atoms with Crippen LogP contribution in [-0.4, -0.2) is 55.0 Å². The smallest absolute Gasteiger partial charge is 0.225 e. The molecule has 0 bridgehead atoms. The van der Waals surface area contributed by atoms with Gasteiger partial charge in [-0.1, -0.05) is 13.3 Å². The van der Waals surface area contributed by atoms with E-state index in [2.05, 4.69) is 30.8 Å². The van der Waals surface area contributed by atoms with E-state index in [1.54, 1.807) is 0 Å². The van der Waals surface area contributed by atoms with Crippen molar-refractivity contribution in [2.24, 2.45) is 11.7 Å². The van der Waals surface area contributed by atoms with Gasteiger partial charge in [0, 0.05) is 31.1 Å². The Kier molecular flexibility index (Phi) is 6.80. The van der Waals surface area contributed by atoms with Gasteiger partial charge in [-0.2, -0.15) is 0 Å².